The average molecular weight is 330 g/mol. The van der Waals surface area contributed by atoms with Crippen molar-refractivity contribution < 1.29 is 0 Å². The zero-order valence-corrected chi connectivity index (χ0v) is 16.1. The Labute approximate surface area is 138 Å². The van der Waals surface area contributed by atoms with E-state index in [1.807, 2.05) is 0 Å². The summed E-state index contributed by atoms with van der Waals surface area (Å²) in [6, 6.07) is 18.2. The normalized spacial score (nSPS) is 11.4. The molecule has 0 N–H and O–H groups in total. The molecule has 0 fully saturated rings. The van der Waals surface area contributed by atoms with Gasteiger partial charge in [-0.05, 0) is 46.4 Å². The number of benzene rings is 2. The molecule has 0 saturated carbocycles. The summed E-state index contributed by atoms with van der Waals surface area (Å²) < 4.78 is 0. The first kappa shape index (κ1) is 17.7. The smallest absolute Gasteiger partial charge is 0.0101 e. The van der Waals surface area contributed by atoms with Crippen LogP contribution in [-0.2, 0) is 0 Å². The summed E-state index contributed by atoms with van der Waals surface area (Å²) in [6.45, 7) is 9.34. The van der Waals surface area contributed by atoms with E-state index >= 15 is 0 Å². The van der Waals surface area contributed by atoms with Gasteiger partial charge < -0.3 is 0 Å². The average Bonchev–Trinajstić information content (AvgIpc) is 2.58. The zero-order chi connectivity index (χ0) is 15.9. The molecule has 0 radical (unpaired) electrons. The van der Waals surface area contributed by atoms with Crippen molar-refractivity contribution >= 4 is 26.5 Å². The number of rotatable bonds is 7. The first-order chi connectivity index (χ1) is 10.8. The molecule has 2 aromatic rings. The minimum Gasteiger partial charge on any atom is -0.0752 e. The molecule has 0 unspecified atom stereocenters. The predicted molar refractivity (Wildman–Crippen MR) is 107 cm³/mol. The van der Waals surface area contributed by atoms with Crippen LogP contribution in [0.15, 0.2) is 48.5 Å². The van der Waals surface area contributed by atoms with E-state index in [-0.39, 0.29) is 15.8 Å². The molecule has 2 heteroatoms. The van der Waals surface area contributed by atoms with Crippen molar-refractivity contribution in [1.82, 2.24) is 0 Å². The fourth-order valence-electron chi connectivity index (χ4n) is 3.08. The topological polar surface area (TPSA) is 0 Å². The van der Waals surface area contributed by atoms with E-state index in [0.29, 0.717) is 0 Å². The first-order valence-electron chi connectivity index (χ1n) is 8.45. The molecule has 0 aliphatic rings. The van der Waals surface area contributed by atoms with Crippen LogP contribution >= 0.6 is 15.8 Å². The largest absolute Gasteiger partial charge is 0.0752 e. The van der Waals surface area contributed by atoms with Crippen molar-refractivity contribution in [2.24, 2.45) is 0 Å². The van der Waals surface area contributed by atoms with E-state index in [0.717, 1.165) is 0 Å². The lowest BCUT2D eigenvalue weighted by Crippen LogP contribution is -2.14. The highest BCUT2D eigenvalue weighted by molar-refractivity contribution is 7.66. The molecule has 0 bridgehead atoms. The molecule has 0 aromatic heterocycles. The van der Waals surface area contributed by atoms with Crippen LogP contribution in [0.2, 0.25) is 0 Å². The molecule has 2 rings (SSSR count). The maximum atomic E-state index is 2.37. The number of hydrogen-bond acceptors (Lipinski definition) is 0. The summed E-state index contributed by atoms with van der Waals surface area (Å²) in [4.78, 5) is 0. The van der Waals surface area contributed by atoms with Crippen molar-refractivity contribution in [3.8, 4) is 11.1 Å². The molecule has 118 valence electrons. The standard InChI is InChI=1S/C20H28P2/c1-5-21(6-2)19-15-11-9-13-17(19)18-14-10-12-16-20(18)22(7-3)8-4/h9-16H,5-8H2,1-4H3. The molecule has 0 saturated heterocycles. The third-order valence-corrected chi connectivity index (χ3v) is 9.50. The summed E-state index contributed by atoms with van der Waals surface area (Å²) in [6.07, 6.45) is 5.12. The first-order valence-corrected chi connectivity index (χ1v) is 11.9. The van der Waals surface area contributed by atoms with Crippen LogP contribution in [-0.4, -0.2) is 24.6 Å². The molecule has 0 nitrogen and oxygen atoms in total. The van der Waals surface area contributed by atoms with Gasteiger partial charge in [-0.1, -0.05) is 92.1 Å². The summed E-state index contributed by atoms with van der Waals surface area (Å²) >= 11 is 0. The van der Waals surface area contributed by atoms with Gasteiger partial charge in [0, 0.05) is 0 Å². The Balaban J connectivity index is 2.58. The highest BCUT2D eigenvalue weighted by atomic mass is 31.1. The van der Waals surface area contributed by atoms with Crippen molar-refractivity contribution in [2.75, 3.05) is 24.6 Å². The van der Waals surface area contributed by atoms with E-state index in [9.17, 15) is 0 Å². The third-order valence-electron chi connectivity index (χ3n) is 4.31. The van der Waals surface area contributed by atoms with Gasteiger partial charge in [0.05, 0.1) is 0 Å². The molecule has 2 aromatic carbocycles. The van der Waals surface area contributed by atoms with Crippen LogP contribution in [0.25, 0.3) is 11.1 Å². The minimum absolute atomic E-state index is 0.0287. The second-order valence-electron chi connectivity index (χ2n) is 5.38. The zero-order valence-electron chi connectivity index (χ0n) is 14.3. The van der Waals surface area contributed by atoms with Crippen LogP contribution in [0.1, 0.15) is 27.7 Å². The lowest BCUT2D eigenvalue weighted by molar-refractivity contribution is 1.42. The van der Waals surface area contributed by atoms with Gasteiger partial charge in [0.1, 0.15) is 0 Å². The van der Waals surface area contributed by atoms with Crippen LogP contribution < -0.4 is 10.6 Å². The summed E-state index contributed by atoms with van der Waals surface area (Å²) in [5.74, 6) is 0. The predicted octanol–water partition coefficient (Wildman–Crippen LogP) is 5.65. The van der Waals surface area contributed by atoms with E-state index in [4.69, 9.17) is 0 Å². The van der Waals surface area contributed by atoms with Crippen molar-refractivity contribution in [3.63, 3.8) is 0 Å². The lowest BCUT2D eigenvalue weighted by atomic mass is 10.1. The van der Waals surface area contributed by atoms with Gasteiger partial charge in [0.25, 0.3) is 0 Å². The van der Waals surface area contributed by atoms with Gasteiger partial charge in [-0.15, -0.1) is 0 Å². The van der Waals surface area contributed by atoms with Crippen molar-refractivity contribution in [1.29, 1.82) is 0 Å². The number of hydrogen-bond donors (Lipinski definition) is 0. The maximum absolute atomic E-state index is 2.37. The second-order valence-corrected chi connectivity index (χ2v) is 11.0. The summed E-state index contributed by atoms with van der Waals surface area (Å²) in [5.41, 5.74) is 2.98. The quantitative estimate of drug-likeness (QED) is 0.576. The molecule has 0 atom stereocenters. The summed E-state index contributed by atoms with van der Waals surface area (Å²) in [5, 5.41) is 3.19. The highest BCUT2D eigenvalue weighted by Crippen LogP contribution is 2.41. The highest BCUT2D eigenvalue weighted by Gasteiger charge is 2.17. The van der Waals surface area contributed by atoms with E-state index in [1.54, 1.807) is 10.6 Å². The Morgan fingerprint density at radius 3 is 1.18 bits per heavy atom. The minimum atomic E-state index is -0.0287. The van der Waals surface area contributed by atoms with Gasteiger partial charge in [-0.25, -0.2) is 0 Å². The molecule has 22 heavy (non-hydrogen) atoms. The van der Waals surface area contributed by atoms with Gasteiger partial charge in [0.15, 0.2) is 0 Å². The van der Waals surface area contributed by atoms with Crippen LogP contribution in [0.4, 0.5) is 0 Å². The Hall–Kier alpha value is -0.700. The Bertz CT molecular complexity index is 530. The van der Waals surface area contributed by atoms with E-state index in [1.165, 1.54) is 35.8 Å². The van der Waals surface area contributed by atoms with Crippen LogP contribution in [0.5, 0.6) is 0 Å². The molecular weight excluding hydrogens is 302 g/mol. The lowest BCUT2D eigenvalue weighted by Gasteiger charge is -2.23. The van der Waals surface area contributed by atoms with Gasteiger partial charge in [-0.3, -0.25) is 0 Å². The third kappa shape index (κ3) is 3.79. The second kappa shape index (κ2) is 8.81. The molecule has 0 amide bonds. The Kier molecular flexibility index (Phi) is 7.07. The van der Waals surface area contributed by atoms with E-state index in [2.05, 4.69) is 76.2 Å². The van der Waals surface area contributed by atoms with Gasteiger partial charge in [0.2, 0.25) is 0 Å². The van der Waals surface area contributed by atoms with Crippen molar-refractivity contribution in [3.05, 3.63) is 48.5 Å². The van der Waals surface area contributed by atoms with Crippen LogP contribution in [0.3, 0.4) is 0 Å². The van der Waals surface area contributed by atoms with E-state index < -0.39 is 0 Å². The Morgan fingerprint density at radius 1 is 0.545 bits per heavy atom. The maximum Gasteiger partial charge on any atom is -0.0101 e. The van der Waals surface area contributed by atoms with Crippen molar-refractivity contribution in [2.45, 2.75) is 27.7 Å². The van der Waals surface area contributed by atoms with Gasteiger partial charge in [-0.2, -0.15) is 0 Å². The molecule has 0 aliphatic heterocycles. The SMILES string of the molecule is CCP(CC)c1ccccc1-c1ccccc1P(CC)CC. The fourth-order valence-corrected chi connectivity index (χ4v) is 7.01. The molecule has 0 spiro atoms. The molecular formula is C20H28P2. The van der Waals surface area contributed by atoms with Gasteiger partial charge >= 0.3 is 0 Å². The summed E-state index contributed by atoms with van der Waals surface area (Å²) in [7, 11) is -0.0575. The fraction of sp³-hybridized carbons (Fsp3) is 0.400. The van der Waals surface area contributed by atoms with Crippen LogP contribution in [0, 0.1) is 0 Å². The monoisotopic (exact) mass is 330 g/mol. The molecule has 0 aliphatic carbocycles. The molecule has 0 heterocycles. The Morgan fingerprint density at radius 2 is 0.864 bits per heavy atom.